The van der Waals surface area contributed by atoms with E-state index in [-0.39, 0.29) is 11.5 Å². The average molecular weight is 342 g/mol. The molecule has 0 aliphatic heterocycles. The SMILES string of the molecule is Cc1cc(Br)c(NC(=O)c2cncc(N)n2)cc1Cl. The Balaban J connectivity index is 2.27. The number of hydrogen-bond donors (Lipinski definition) is 2. The van der Waals surface area contributed by atoms with Crippen molar-refractivity contribution < 1.29 is 4.79 Å². The van der Waals surface area contributed by atoms with Gasteiger partial charge in [0.1, 0.15) is 11.5 Å². The molecule has 0 atom stereocenters. The molecule has 19 heavy (non-hydrogen) atoms. The number of carbonyl (C=O) groups is 1. The minimum atomic E-state index is -0.402. The first kappa shape index (κ1) is 13.8. The van der Waals surface area contributed by atoms with E-state index in [1.54, 1.807) is 6.07 Å². The van der Waals surface area contributed by atoms with Crippen LogP contribution in [0, 0.1) is 6.92 Å². The van der Waals surface area contributed by atoms with Gasteiger partial charge in [-0.1, -0.05) is 11.6 Å². The highest BCUT2D eigenvalue weighted by Gasteiger charge is 2.12. The molecule has 0 saturated heterocycles. The third-order valence-corrected chi connectivity index (χ3v) is 3.45. The van der Waals surface area contributed by atoms with Gasteiger partial charge in [0.2, 0.25) is 0 Å². The summed E-state index contributed by atoms with van der Waals surface area (Å²) in [4.78, 5) is 19.7. The van der Waals surface area contributed by atoms with Crippen LogP contribution in [0.3, 0.4) is 0 Å². The molecule has 0 unspecified atom stereocenters. The second-order valence-electron chi connectivity index (χ2n) is 3.86. The number of nitrogen functional groups attached to an aromatic ring is 1. The lowest BCUT2D eigenvalue weighted by molar-refractivity contribution is 0.102. The van der Waals surface area contributed by atoms with Gasteiger partial charge in [0.15, 0.2) is 0 Å². The van der Waals surface area contributed by atoms with Gasteiger partial charge in [-0.3, -0.25) is 9.78 Å². The second kappa shape index (κ2) is 5.54. The fourth-order valence-corrected chi connectivity index (χ4v) is 2.14. The number of nitrogens with zero attached hydrogens (tertiary/aromatic N) is 2. The molecule has 1 aromatic carbocycles. The molecule has 7 heteroatoms. The van der Waals surface area contributed by atoms with Crippen molar-refractivity contribution in [2.45, 2.75) is 6.92 Å². The van der Waals surface area contributed by atoms with Crippen molar-refractivity contribution in [1.82, 2.24) is 9.97 Å². The Hall–Kier alpha value is -1.66. The third-order valence-electron chi connectivity index (χ3n) is 2.38. The van der Waals surface area contributed by atoms with Gasteiger partial charge in [0, 0.05) is 9.50 Å². The summed E-state index contributed by atoms with van der Waals surface area (Å²) in [6, 6.07) is 3.49. The van der Waals surface area contributed by atoms with E-state index in [0.717, 1.165) is 10.0 Å². The molecule has 5 nitrogen and oxygen atoms in total. The van der Waals surface area contributed by atoms with Crippen molar-refractivity contribution in [2.75, 3.05) is 11.1 Å². The van der Waals surface area contributed by atoms with Crippen molar-refractivity contribution in [1.29, 1.82) is 0 Å². The zero-order valence-electron chi connectivity index (χ0n) is 9.95. The van der Waals surface area contributed by atoms with E-state index in [4.69, 9.17) is 17.3 Å². The number of benzene rings is 1. The Bertz CT molecular complexity index is 648. The van der Waals surface area contributed by atoms with Crippen LogP contribution in [0.5, 0.6) is 0 Å². The molecular weight excluding hydrogens is 332 g/mol. The van der Waals surface area contributed by atoms with Crippen LogP contribution in [-0.2, 0) is 0 Å². The van der Waals surface area contributed by atoms with Crippen LogP contribution in [-0.4, -0.2) is 15.9 Å². The summed E-state index contributed by atoms with van der Waals surface area (Å²) in [5.74, 6) is -0.214. The predicted octanol–water partition coefficient (Wildman–Crippen LogP) is 3.04. The van der Waals surface area contributed by atoms with E-state index in [2.05, 4.69) is 31.2 Å². The number of rotatable bonds is 2. The summed E-state index contributed by atoms with van der Waals surface area (Å²) < 4.78 is 0.736. The highest BCUT2D eigenvalue weighted by molar-refractivity contribution is 9.10. The van der Waals surface area contributed by atoms with Gasteiger partial charge in [-0.2, -0.15) is 0 Å². The van der Waals surface area contributed by atoms with Crippen molar-refractivity contribution in [3.05, 3.63) is 45.3 Å². The maximum Gasteiger partial charge on any atom is 0.275 e. The maximum absolute atomic E-state index is 12.0. The van der Waals surface area contributed by atoms with Gasteiger partial charge in [0.05, 0.1) is 18.1 Å². The summed E-state index contributed by atoms with van der Waals surface area (Å²) in [6.07, 6.45) is 2.71. The van der Waals surface area contributed by atoms with Gasteiger partial charge in [-0.05, 0) is 40.5 Å². The molecular formula is C12H10BrClN4O. The lowest BCUT2D eigenvalue weighted by Crippen LogP contribution is -2.15. The predicted molar refractivity (Wildman–Crippen MR) is 78.3 cm³/mol. The zero-order chi connectivity index (χ0) is 14.0. The molecule has 0 aliphatic rings. The highest BCUT2D eigenvalue weighted by atomic mass is 79.9. The maximum atomic E-state index is 12.0. The monoisotopic (exact) mass is 340 g/mol. The van der Waals surface area contributed by atoms with Gasteiger partial charge in [0.25, 0.3) is 5.91 Å². The van der Waals surface area contributed by atoms with Gasteiger partial charge >= 0.3 is 0 Å². The summed E-state index contributed by atoms with van der Waals surface area (Å²) in [6.45, 7) is 1.88. The Morgan fingerprint density at radius 3 is 2.84 bits per heavy atom. The van der Waals surface area contributed by atoms with Crippen LogP contribution in [0.15, 0.2) is 29.0 Å². The van der Waals surface area contributed by atoms with Crippen LogP contribution in [0.1, 0.15) is 16.1 Å². The fraction of sp³-hybridized carbons (Fsp3) is 0.0833. The van der Waals surface area contributed by atoms with E-state index >= 15 is 0 Å². The van der Waals surface area contributed by atoms with Crippen LogP contribution in [0.25, 0.3) is 0 Å². The number of halogens is 2. The average Bonchev–Trinajstić information content (AvgIpc) is 2.36. The Morgan fingerprint density at radius 2 is 2.16 bits per heavy atom. The Morgan fingerprint density at radius 1 is 1.42 bits per heavy atom. The highest BCUT2D eigenvalue weighted by Crippen LogP contribution is 2.29. The van der Waals surface area contributed by atoms with E-state index in [0.29, 0.717) is 10.7 Å². The van der Waals surface area contributed by atoms with Gasteiger partial charge < -0.3 is 11.1 Å². The quantitative estimate of drug-likeness (QED) is 0.879. The number of aryl methyl sites for hydroxylation is 1. The number of nitrogens with one attached hydrogen (secondary N) is 1. The molecule has 1 amide bonds. The molecule has 0 bridgehead atoms. The van der Waals surface area contributed by atoms with Crippen molar-refractivity contribution in [3.63, 3.8) is 0 Å². The van der Waals surface area contributed by atoms with Gasteiger partial charge in [-0.15, -0.1) is 0 Å². The molecule has 0 saturated carbocycles. The molecule has 1 heterocycles. The topological polar surface area (TPSA) is 80.9 Å². The molecule has 2 aromatic rings. The summed E-state index contributed by atoms with van der Waals surface area (Å²) in [5.41, 5.74) is 7.09. The first-order chi connectivity index (χ1) is 8.97. The number of nitrogens with two attached hydrogens (primary N) is 1. The molecule has 0 radical (unpaired) electrons. The summed E-state index contributed by atoms with van der Waals surface area (Å²) in [7, 11) is 0. The number of anilines is 2. The van der Waals surface area contributed by atoms with E-state index in [1.165, 1.54) is 12.4 Å². The fourth-order valence-electron chi connectivity index (χ4n) is 1.42. The minimum absolute atomic E-state index is 0.142. The van der Waals surface area contributed by atoms with Crippen molar-refractivity contribution in [3.8, 4) is 0 Å². The van der Waals surface area contributed by atoms with Crippen molar-refractivity contribution >= 4 is 44.9 Å². The van der Waals surface area contributed by atoms with Crippen LogP contribution >= 0.6 is 27.5 Å². The van der Waals surface area contributed by atoms with Crippen LogP contribution in [0.4, 0.5) is 11.5 Å². The second-order valence-corrected chi connectivity index (χ2v) is 5.13. The third kappa shape index (κ3) is 3.21. The van der Waals surface area contributed by atoms with E-state index < -0.39 is 5.91 Å². The number of amides is 1. The minimum Gasteiger partial charge on any atom is -0.382 e. The lowest BCUT2D eigenvalue weighted by atomic mass is 10.2. The molecule has 0 spiro atoms. The molecule has 2 rings (SSSR count). The molecule has 0 fully saturated rings. The van der Waals surface area contributed by atoms with Crippen LogP contribution in [0.2, 0.25) is 5.02 Å². The van der Waals surface area contributed by atoms with Crippen molar-refractivity contribution in [2.24, 2.45) is 0 Å². The number of aromatic nitrogens is 2. The smallest absolute Gasteiger partial charge is 0.275 e. The van der Waals surface area contributed by atoms with Crippen LogP contribution < -0.4 is 11.1 Å². The summed E-state index contributed by atoms with van der Waals surface area (Å²) >= 11 is 9.38. The lowest BCUT2D eigenvalue weighted by Gasteiger charge is -2.09. The molecule has 3 N–H and O–H groups in total. The Labute approximate surface area is 123 Å². The molecule has 98 valence electrons. The number of hydrogen-bond acceptors (Lipinski definition) is 4. The van der Waals surface area contributed by atoms with Gasteiger partial charge in [-0.25, -0.2) is 4.98 Å². The first-order valence-corrected chi connectivity index (χ1v) is 6.49. The molecule has 1 aromatic heterocycles. The Kier molecular flexibility index (Phi) is 4.01. The zero-order valence-corrected chi connectivity index (χ0v) is 12.3. The summed E-state index contributed by atoms with van der Waals surface area (Å²) in [5, 5.41) is 3.26. The van der Waals surface area contributed by atoms with E-state index in [9.17, 15) is 4.79 Å². The van der Waals surface area contributed by atoms with E-state index in [1.807, 2.05) is 13.0 Å². The number of carbonyl (C=O) groups excluding carboxylic acids is 1. The standard InChI is InChI=1S/C12H10BrClN4O/c1-6-2-7(13)9(3-8(6)14)18-12(19)10-4-16-5-11(15)17-10/h2-5H,1H3,(H2,15,17)(H,18,19). The normalized spacial score (nSPS) is 10.3. The largest absolute Gasteiger partial charge is 0.382 e. The molecule has 0 aliphatic carbocycles. The first-order valence-electron chi connectivity index (χ1n) is 5.32.